The number of likely N-dealkylation sites (tertiary alicyclic amines) is 1. The van der Waals surface area contributed by atoms with Crippen molar-refractivity contribution in [3.63, 3.8) is 0 Å². The minimum absolute atomic E-state index is 0.0961. The number of hydrogen-bond acceptors (Lipinski definition) is 4. The van der Waals surface area contributed by atoms with Crippen LogP contribution in [-0.4, -0.2) is 44.8 Å². The quantitative estimate of drug-likeness (QED) is 0.911. The van der Waals surface area contributed by atoms with E-state index in [9.17, 15) is 19.5 Å². The van der Waals surface area contributed by atoms with Crippen molar-refractivity contribution >= 4 is 11.9 Å². The van der Waals surface area contributed by atoms with Gasteiger partial charge >= 0.3 is 5.97 Å². The molecular formula is C18H19N3O4. The molecule has 1 N–H and O–H groups in total. The first-order chi connectivity index (χ1) is 12.0. The fourth-order valence-electron chi connectivity index (χ4n) is 3.14. The van der Waals surface area contributed by atoms with Crippen molar-refractivity contribution < 1.29 is 14.7 Å². The number of carboxylic acid groups (broad SMARTS) is 1. The van der Waals surface area contributed by atoms with Gasteiger partial charge in [0.15, 0.2) is 0 Å². The monoisotopic (exact) mass is 341 g/mol. The molecule has 1 aliphatic rings. The molecule has 0 saturated carbocycles. The van der Waals surface area contributed by atoms with Crippen molar-refractivity contribution in [2.24, 2.45) is 11.8 Å². The van der Waals surface area contributed by atoms with Crippen LogP contribution < -0.4 is 5.56 Å². The highest BCUT2D eigenvalue weighted by Crippen LogP contribution is 2.23. The molecule has 1 amide bonds. The van der Waals surface area contributed by atoms with Gasteiger partial charge in [0.2, 0.25) is 0 Å². The molecule has 1 aromatic carbocycles. The van der Waals surface area contributed by atoms with Crippen molar-refractivity contribution in [2.45, 2.75) is 13.3 Å². The third-order valence-corrected chi connectivity index (χ3v) is 4.32. The molecule has 2 unspecified atom stereocenters. The number of nitrogens with zero attached hydrogens (tertiary/aromatic N) is 3. The van der Waals surface area contributed by atoms with Crippen LogP contribution in [0.5, 0.6) is 0 Å². The van der Waals surface area contributed by atoms with Gasteiger partial charge in [-0.1, -0.05) is 25.1 Å². The Bertz CT molecular complexity index is 847. The van der Waals surface area contributed by atoms with E-state index in [-0.39, 0.29) is 29.6 Å². The van der Waals surface area contributed by atoms with Crippen LogP contribution in [0.15, 0.2) is 47.3 Å². The van der Waals surface area contributed by atoms with Crippen LogP contribution in [0.4, 0.5) is 0 Å². The number of carbonyl (C=O) groups excluding carboxylic acids is 1. The fraction of sp³-hybridized carbons (Fsp3) is 0.333. The second kappa shape index (κ2) is 6.88. The van der Waals surface area contributed by atoms with Gasteiger partial charge in [-0.05, 0) is 30.5 Å². The van der Waals surface area contributed by atoms with Gasteiger partial charge in [-0.2, -0.15) is 9.78 Å². The predicted octanol–water partition coefficient (Wildman–Crippen LogP) is 1.42. The minimum Gasteiger partial charge on any atom is -0.481 e. The van der Waals surface area contributed by atoms with E-state index in [2.05, 4.69) is 5.10 Å². The van der Waals surface area contributed by atoms with Crippen molar-refractivity contribution in [3.8, 4) is 5.69 Å². The average Bonchev–Trinajstić information content (AvgIpc) is 2.61. The lowest BCUT2D eigenvalue weighted by Crippen LogP contribution is -2.46. The third kappa shape index (κ3) is 3.60. The van der Waals surface area contributed by atoms with Crippen molar-refractivity contribution in [2.75, 3.05) is 13.1 Å². The van der Waals surface area contributed by atoms with E-state index in [1.54, 1.807) is 24.3 Å². The Hall–Kier alpha value is -2.96. The third-order valence-electron chi connectivity index (χ3n) is 4.32. The summed E-state index contributed by atoms with van der Waals surface area (Å²) in [4.78, 5) is 37.6. The Morgan fingerprint density at radius 2 is 1.84 bits per heavy atom. The molecule has 7 heteroatoms. The van der Waals surface area contributed by atoms with Gasteiger partial charge in [0.1, 0.15) is 5.69 Å². The zero-order valence-electron chi connectivity index (χ0n) is 13.8. The highest BCUT2D eigenvalue weighted by atomic mass is 16.4. The molecule has 1 aromatic heterocycles. The first-order valence-corrected chi connectivity index (χ1v) is 8.13. The molecular weight excluding hydrogens is 322 g/mol. The summed E-state index contributed by atoms with van der Waals surface area (Å²) in [6.45, 7) is 2.56. The van der Waals surface area contributed by atoms with Crippen LogP contribution >= 0.6 is 0 Å². The van der Waals surface area contributed by atoms with Crippen molar-refractivity contribution in [3.05, 3.63) is 58.5 Å². The standard InChI is InChI=1S/C18H19N3O4/c1-12-9-13(18(24)25)11-20(10-12)17(23)15-7-8-16(22)21(19-15)14-5-3-2-4-6-14/h2-8,12-13H,9-11H2,1H3,(H,24,25). The largest absolute Gasteiger partial charge is 0.481 e. The second-order valence-corrected chi connectivity index (χ2v) is 6.39. The molecule has 7 nitrogen and oxygen atoms in total. The van der Waals surface area contributed by atoms with E-state index < -0.39 is 11.9 Å². The summed E-state index contributed by atoms with van der Waals surface area (Å²) in [6.07, 6.45) is 0.552. The Kier molecular flexibility index (Phi) is 4.65. The van der Waals surface area contributed by atoms with Gasteiger partial charge in [-0.15, -0.1) is 0 Å². The van der Waals surface area contributed by atoms with E-state index in [0.717, 1.165) is 0 Å². The summed E-state index contributed by atoms with van der Waals surface area (Å²) in [7, 11) is 0. The number of carbonyl (C=O) groups is 2. The lowest BCUT2D eigenvalue weighted by molar-refractivity contribution is -0.143. The first-order valence-electron chi connectivity index (χ1n) is 8.13. The van der Waals surface area contributed by atoms with Crippen LogP contribution in [-0.2, 0) is 4.79 Å². The maximum Gasteiger partial charge on any atom is 0.308 e. The number of hydrogen-bond donors (Lipinski definition) is 1. The number of para-hydroxylation sites is 1. The van der Waals surface area contributed by atoms with Crippen molar-refractivity contribution in [1.29, 1.82) is 0 Å². The molecule has 1 saturated heterocycles. The number of benzene rings is 1. The molecule has 2 heterocycles. The van der Waals surface area contributed by atoms with E-state index in [0.29, 0.717) is 18.7 Å². The summed E-state index contributed by atoms with van der Waals surface area (Å²) in [6, 6.07) is 11.5. The normalized spacial score (nSPS) is 20.3. The molecule has 2 atom stereocenters. The summed E-state index contributed by atoms with van der Waals surface area (Å²) >= 11 is 0. The van der Waals surface area contributed by atoms with Gasteiger partial charge in [0.05, 0.1) is 11.6 Å². The SMILES string of the molecule is CC1CC(C(=O)O)CN(C(=O)c2ccc(=O)n(-c3ccccc3)n2)C1. The van der Waals surface area contributed by atoms with Crippen molar-refractivity contribution in [1.82, 2.24) is 14.7 Å². The molecule has 0 aliphatic carbocycles. The number of rotatable bonds is 3. The van der Waals surface area contributed by atoms with Crippen LogP contribution in [0.3, 0.4) is 0 Å². The molecule has 0 radical (unpaired) electrons. The molecule has 3 rings (SSSR count). The zero-order chi connectivity index (χ0) is 18.0. The highest BCUT2D eigenvalue weighted by molar-refractivity contribution is 5.92. The average molecular weight is 341 g/mol. The lowest BCUT2D eigenvalue weighted by atomic mass is 9.90. The fourth-order valence-corrected chi connectivity index (χ4v) is 3.14. The number of aliphatic carboxylic acids is 1. The molecule has 0 bridgehead atoms. The lowest BCUT2D eigenvalue weighted by Gasteiger charge is -2.34. The van der Waals surface area contributed by atoms with Gasteiger partial charge in [0.25, 0.3) is 11.5 Å². The Morgan fingerprint density at radius 3 is 2.52 bits per heavy atom. The second-order valence-electron chi connectivity index (χ2n) is 6.39. The van der Waals surface area contributed by atoms with Gasteiger partial charge in [-0.3, -0.25) is 14.4 Å². The van der Waals surface area contributed by atoms with E-state index in [1.807, 2.05) is 13.0 Å². The molecule has 25 heavy (non-hydrogen) atoms. The van der Waals surface area contributed by atoms with Crippen LogP contribution in [0.1, 0.15) is 23.8 Å². The first kappa shape index (κ1) is 16.9. The Labute approximate surface area is 144 Å². The molecule has 130 valence electrons. The number of carboxylic acids is 1. The highest BCUT2D eigenvalue weighted by Gasteiger charge is 2.32. The van der Waals surface area contributed by atoms with Crippen LogP contribution in [0, 0.1) is 11.8 Å². The van der Waals surface area contributed by atoms with Gasteiger partial charge in [0, 0.05) is 19.2 Å². The molecule has 1 aliphatic heterocycles. The summed E-state index contributed by atoms with van der Waals surface area (Å²) < 4.78 is 1.18. The Morgan fingerprint density at radius 1 is 1.12 bits per heavy atom. The summed E-state index contributed by atoms with van der Waals surface area (Å²) in [5.41, 5.74) is 0.359. The maximum atomic E-state index is 12.8. The minimum atomic E-state index is -0.897. The smallest absolute Gasteiger partial charge is 0.308 e. The van der Waals surface area contributed by atoms with E-state index in [4.69, 9.17) is 0 Å². The summed E-state index contributed by atoms with van der Waals surface area (Å²) in [5, 5.41) is 13.4. The van der Waals surface area contributed by atoms with Crippen LogP contribution in [0.25, 0.3) is 5.69 Å². The van der Waals surface area contributed by atoms with E-state index in [1.165, 1.54) is 21.7 Å². The van der Waals surface area contributed by atoms with Crippen LogP contribution in [0.2, 0.25) is 0 Å². The van der Waals surface area contributed by atoms with Gasteiger partial charge in [-0.25, -0.2) is 0 Å². The number of piperidine rings is 1. The summed E-state index contributed by atoms with van der Waals surface area (Å²) in [5.74, 6) is -1.74. The number of aromatic nitrogens is 2. The molecule has 0 spiro atoms. The zero-order valence-corrected chi connectivity index (χ0v) is 13.8. The molecule has 2 aromatic rings. The number of amides is 1. The maximum absolute atomic E-state index is 12.8. The topological polar surface area (TPSA) is 92.5 Å². The predicted molar refractivity (Wildman–Crippen MR) is 90.6 cm³/mol. The van der Waals surface area contributed by atoms with Gasteiger partial charge < -0.3 is 10.0 Å². The van der Waals surface area contributed by atoms with E-state index >= 15 is 0 Å². The molecule has 1 fully saturated rings. The Balaban J connectivity index is 1.90.